The summed E-state index contributed by atoms with van der Waals surface area (Å²) in [7, 11) is 0. The van der Waals surface area contributed by atoms with E-state index in [1.165, 1.54) is 0 Å². The molecule has 3 N–H and O–H groups in total. The molecule has 0 aliphatic carbocycles. The van der Waals surface area contributed by atoms with Crippen LogP contribution < -0.4 is 10.6 Å². The number of aliphatic hydroxyl groups excluding tert-OH is 1. The quantitative estimate of drug-likeness (QED) is 0.563. The molecule has 1 saturated heterocycles. The summed E-state index contributed by atoms with van der Waals surface area (Å²) in [6, 6.07) is 0.527. The molecule has 0 radical (unpaired) electrons. The first kappa shape index (κ1) is 10.5. The molecule has 76 valence electrons. The number of rotatable bonds is 3. The average molecular weight is 186 g/mol. The molecule has 2 unspecified atom stereocenters. The minimum Gasteiger partial charge on any atom is -0.395 e. The molecule has 1 rings (SSSR count). The molecule has 4 heteroatoms. The summed E-state index contributed by atoms with van der Waals surface area (Å²) in [4.78, 5) is 11.1. The van der Waals surface area contributed by atoms with Crippen LogP contribution in [-0.4, -0.2) is 35.7 Å². The van der Waals surface area contributed by atoms with Gasteiger partial charge in [-0.2, -0.15) is 0 Å². The van der Waals surface area contributed by atoms with E-state index in [4.69, 9.17) is 5.11 Å². The Bertz CT molecular complexity index is 184. The molecule has 1 amide bonds. The van der Waals surface area contributed by atoms with Crippen LogP contribution in [0, 0.1) is 0 Å². The van der Waals surface area contributed by atoms with E-state index >= 15 is 0 Å². The highest BCUT2D eigenvalue weighted by Gasteiger charge is 2.24. The Hall–Kier alpha value is -0.610. The van der Waals surface area contributed by atoms with Crippen LogP contribution in [0.2, 0.25) is 0 Å². The van der Waals surface area contributed by atoms with Crippen molar-refractivity contribution in [3.05, 3.63) is 0 Å². The molecule has 1 aliphatic rings. The first-order valence-electron chi connectivity index (χ1n) is 4.78. The molecule has 1 fully saturated rings. The predicted molar refractivity (Wildman–Crippen MR) is 50.3 cm³/mol. The zero-order valence-corrected chi connectivity index (χ0v) is 8.21. The zero-order chi connectivity index (χ0) is 9.84. The van der Waals surface area contributed by atoms with Crippen LogP contribution >= 0.6 is 0 Å². The number of carbonyl (C=O) groups excluding carboxylic acids is 1. The fourth-order valence-electron chi connectivity index (χ4n) is 1.71. The average Bonchev–Trinajstić information content (AvgIpc) is 2.02. The van der Waals surface area contributed by atoms with Gasteiger partial charge in [-0.05, 0) is 20.3 Å². The SMILES string of the molecule is CC1CC(N[C@@H](C)CO)CC(=O)N1. The van der Waals surface area contributed by atoms with Crippen LogP contribution in [0.25, 0.3) is 0 Å². The largest absolute Gasteiger partial charge is 0.395 e. The smallest absolute Gasteiger partial charge is 0.221 e. The molecule has 0 aromatic heterocycles. The monoisotopic (exact) mass is 186 g/mol. The van der Waals surface area contributed by atoms with Gasteiger partial charge in [-0.25, -0.2) is 0 Å². The Labute approximate surface area is 78.7 Å². The highest BCUT2D eigenvalue weighted by molar-refractivity contribution is 5.77. The number of hydrogen-bond donors (Lipinski definition) is 3. The van der Waals surface area contributed by atoms with Crippen LogP contribution in [0.3, 0.4) is 0 Å². The van der Waals surface area contributed by atoms with Crippen molar-refractivity contribution >= 4 is 5.91 Å². The zero-order valence-electron chi connectivity index (χ0n) is 8.21. The third-order valence-electron chi connectivity index (χ3n) is 2.27. The Morgan fingerprint density at radius 3 is 3.00 bits per heavy atom. The Morgan fingerprint density at radius 2 is 2.46 bits per heavy atom. The van der Waals surface area contributed by atoms with Crippen LogP contribution in [-0.2, 0) is 4.79 Å². The van der Waals surface area contributed by atoms with Crippen molar-refractivity contribution in [1.29, 1.82) is 0 Å². The van der Waals surface area contributed by atoms with Gasteiger partial charge in [0.05, 0.1) is 6.61 Å². The van der Waals surface area contributed by atoms with Gasteiger partial charge in [0.2, 0.25) is 5.91 Å². The molecule has 0 aromatic rings. The van der Waals surface area contributed by atoms with Crippen LogP contribution in [0.1, 0.15) is 26.7 Å². The second-order valence-electron chi connectivity index (χ2n) is 3.86. The van der Waals surface area contributed by atoms with Gasteiger partial charge in [0.1, 0.15) is 0 Å². The maximum absolute atomic E-state index is 11.1. The molecule has 4 nitrogen and oxygen atoms in total. The van der Waals surface area contributed by atoms with Crippen LogP contribution in [0.15, 0.2) is 0 Å². The molecule has 1 heterocycles. The van der Waals surface area contributed by atoms with Gasteiger partial charge in [0, 0.05) is 24.5 Å². The fourth-order valence-corrected chi connectivity index (χ4v) is 1.71. The Morgan fingerprint density at radius 1 is 1.77 bits per heavy atom. The molecule has 13 heavy (non-hydrogen) atoms. The summed E-state index contributed by atoms with van der Waals surface area (Å²) < 4.78 is 0. The maximum Gasteiger partial charge on any atom is 0.221 e. The predicted octanol–water partition coefficient (Wildman–Crippen LogP) is -0.376. The minimum absolute atomic E-state index is 0.0723. The number of nitrogens with one attached hydrogen (secondary N) is 2. The summed E-state index contributed by atoms with van der Waals surface area (Å²) >= 11 is 0. The third kappa shape index (κ3) is 3.32. The minimum atomic E-state index is 0.0723. The summed E-state index contributed by atoms with van der Waals surface area (Å²) in [6.07, 6.45) is 1.46. The van der Waals surface area contributed by atoms with Gasteiger partial charge in [0.15, 0.2) is 0 Å². The van der Waals surface area contributed by atoms with Gasteiger partial charge >= 0.3 is 0 Å². The molecular weight excluding hydrogens is 168 g/mol. The van der Waals surface area contributed by atoms with Gasteiger partial charge in [-0.1, -0.05) is 0 Å². The fraction of sp³-hybridized carbons (Fsp3) is 0.889. The van der Waals surface area contributed by atoms with Crippen molar-refractivity contribution in [3.63, 3.8) is 0 Å². The van der Waals surface area contributed by atoms with Gasteiger partial charge in [-0.15, -0.1) is 0 Å². The second kappa shape index (κ2) is 4.58. The van der Waals surface area contributed by atoms with E-state index in [9.17, 15) is 4.79 Å². The molecule has 0 aromatic carbocycles. The lowest BCUT2D eigenvalue weighted by atomic mass is 9.99. The molecule has 0 spiro atoms. The summed E-state index contributed by atoms with van der Waals surface area (Å²) in [5.41, 5.74) is 0. The lowest BCUT2D eigenvalue weighted by Crippen LogP contribution is -2.50. The van der Waals surface area contributed by atoms with Crippen LogP contribution in [0.5, 0.6) is 0 Å². The van der Waals surface area contributed by atoms with Gasteiger partial charge < -0.3 is 15.7 Å². The Kier molecular flexibility index (Phi) is 3.69. The first-order valence-corrected chi connectivity index (χ1v) is 4.78. The first-order chi connectivity index (χ1) is 6.11. The van der Waals surface area contributed by atoms with Crippen molar-refractivity contribution in [3.8, 4) is 0 Å². The molecule has 0 saturated carbocycles. The third-order valence-corrected chi connectivity index (χ3v) is 2.27. The lowest BCUT2D eigenvalue weighted by molar-refractivity contribution is -0.123. The highest BCUT2D eigenvalue weighted by atomic mass is 16.3. The standard InChI is InChI=1S/C9H18N2O2/c1-6-3-8(4-9(13)11-6)10-7(2)5-12/h6-8,10,12H,3-5H2,1-2H3,(H,11,13)/t6?,7-,8?/m0/s1. The van der Waals surface area contributed by atoms with E-state index in [0.717, 1.165) is 6.42 Å². The van der Waals surface area contributed by atoms with E-state index in [-0.39, 0.29) is 30.6 Å². The van der Waals surface area contributed by atoms with E-state index < -0.39 is 0 Å². The maximum atomic E-state index is 11.1. The van der Waals surface area contributed by atoms with E-state index in [2.05, 4.69) is 10.6 Å². The normalized spacial score (nSPS) is 31.2. The van der Waals surface area contributed by atoms with Crippen molar-refractivity contribution in [2.24, 2.45) is 0 Å². The topological polar surface area (TPSA) is 61.4 Å². The van der Waals surface area contributed by atoms with Crippen molar-refractivity contribution in [2.75, 3.05) is 6.61 Å². The van der Waals surface area contributed by atoms with Crippen molar-refractivity contribution in [2.45, 2.75) is 44.8 Å². The number of piperidine rings is 1. The van der Waals surface area contributed by atoms with E-state index in [0.29, 0.717) is 6.42 Å². The number of aliphatic hydroxyl groups is 1. The van der Waals surface area contributed by atoms with Crippen molar-refractivity contribution in [1.82, 2.24) is 10.6 Å². The molecule has 1 aliphatic heterocycles. The molecule has 3 atom stereocenters. The van der Waals surface area contributed by atoms with Gasteiger partial charge in [-0.3, -0.25) is 4.79 Å². The van der Waals surface area contributed by atoms with E-state index in [1.807, 2.05) is 13.8 Å². The summed E-state index contributed by atoms with van der Waals surface area (Å²) in [6.45, 7) is 4.03. The summed E-state index contributed by atoms with van der Waals surface area (Å²) in [5.74, 6) is 0.0985. The molecular formula is C9H18N2O2. The second-order valence-corrected chi connectivity index (χ2v) is 3.86. The van der Waals surface area contributed by atoms with Crippen LogP contribution in [0.4, 0.5) is 0 Å². The highest BCUT2D eigenvalue weighted by Crippen LogP contribution is 2.09. The van der Waals surface area contributed by atoms with Gasteiger partial charge in [0.25, 0.3) is 0 Å². The number of amides is 1. The van der Waals surface area contributed by atoms with E-state index in [1.54, 1.807) is 0 Å². The Balaban J connectivity index is 2.37. The number of hydrogen-bond acceptors (Lipinski definition) is 3. The number of carbonyl (C=O) groups is 1. The van der Waals surface area contributed by atoms with Crippen molar-refractivity contribution < 1.29 is 9.90 Å². The summed E-state index contributed by atoms with van der Waals surface area (Å²) in [5, 5.41) is 14.9. The lowest BCUT2D eigenvalue weighted by Gasteiger charge is -2.30. The molecule has 0 bridgehead atoms.